The summed E-state index contributed by atoms with van der Waals surface area (Å²) in [6.45, 7) is 2.67. The maximum Gasteiger partial charge on any atom is 0.343 e. The van der Waals surface area contributed by atoms with Crippen LogP contribution in [0.2, 0.25) is 0 Å². The molecule has 0 bridgehead atoms. The quantitative estimate of drug-likeness (QED) is 0.333. The molecular formula is C10H17N2O4+. The van der Waals surface area contributed by atoms with Crippen molar-refractivity contribution in [2.75, 3.05) is 19.7 Å². The topological polar surface area (TPSA) is 75.6 Å². The van der Waals surface area contributed by atoms with E-state index in [0.717, 1.165) is 18.6 Å². The Hall–Kier alpha value is -1.59. The zero-order chi connectivity index (χ0) is 12.0. The predicted octanol–water partition coefficient (Wildman–Crippen LogP) is 1.29. The molecule has 1 aliphatic heterocycles. The van der Waals surface area contributed by atoms with Crippen LogP contribution in [0.4, 0.5) is 0 Å². The van der Waals surface area contributed by atoms with E-state index < -0.39 is 0 Å². The van der Waals surface area contributed by atoms with Gasteiger partial charge in [-0.1, -0.05) is 0 Å². The van der Waals surface area contributed by atoms with Gasteiger partial charge in [0.05, 0.1) is 6.61 Å². The molecule has 0 atom stereocenters. The SMILES string of the molecule is CCO/C(O)=C/[N+]1=C(C[N+](=O)[O-])CCCC1. The molecule has 0 amide bonds. The second-order valence-corrected chi connectivity index (χ2v) is 3.61. The number of aliphatic hydroxyl groups is 1. The van der Waals surface area contributed by atoms with Crippen molar-refractivity contribution in [3.8, 4) is 0 Å². The van der Waals surface area contributed by atoms with Crippen LogP contribution in [0, 0.1) is 10.1 Å². The standard InChI is InChI=1S/C10H16N2O4/c1-2-16-10(13)8-11-6-4-3-5-9(11)7-12(14)15/h8H,2-7H2,1H3/p+1/b10-8+. The molecule has 0 spiro atoms. The van der Waals surface area contributed by atoms with Crippen molar-refractivity contribution in [2.24, 2.45) is 0 Å². The minimum absolute atomic E-state index is 0.171. The zero-order valence-electron chi connectivity index (χ0n) is 9.39. The molecule has 0 aromatic carbocycles. The summed E-state index contributed by atoms with van der Waals surface area (Å²) in [5.41, 5.74) is 0.725. The summed E-state index contributed by atoms with van der Waals surface area (Å²) < 4.78 is 6.61. The fourth-order valence-corrected chi connectivity index (χ4v) is 1.71. The molecule has 0 saturated heterocycles. The van der Waals surface area contributed by atoms with Gasteiger partial charge in [0, 0.05) is 17.8 Å². The van der Waals surface area contributed by atoms with E-state index in [4.69, 9.17) is 4.74 Å². The number of rotatable bonds is 5. The van der Waals surface area contributed by atoms with E-state index >= 15 is 0 Å². The molecule has 1 N–H and O–H groups in total. The van der Waals surface area contributed by atoms with Crippen LogP contribution >= 0.6 is 0 Å². The van der Waals surface area contributed by atoms with E-state index in [1.54, 1.807) is 11.5 Å². The van der Waals surface area contributed by atoms with Crippen molar-refractivity contribution >= 4 is 5.71 Å². The van der Waals surface area contributed by atoms with Crippen LogP contribution in [0.25, 0.3) is 0 Å². The van der Waals surface area contributed by atoms with E-state index in [0.29, 0.717) is 19.6 Å². The van der Waals surface area contributed by atoms with E-state index in [9.17, 15) is 15.2 Å². The normalized spacial score (nSPS) is 17.4. The van der Waals surface area contributed by atoms with Crippen LogP contribution in [0.3, 0.4) is 0 Å². The summed E-state index contributed by atoms with van der Waals surface area (Å²) in [6.07, 6.45) is 4.07. The lowest BCUT2D eigenvalue weighted by atomic mass is 10.1. The van der Waals surface area contributed by atoms with Gasteiger partial charge in [-0.05, 0) is 13.3 Å². The highest BCUT2D eigenvalue weighted by atomic mass is 16.6. The van der Waals surface area contributed by atoms with Crippen LogP contribution in [0.5, 0.6) is 0 Å². The number of nitrogens with zero attached hydrogens (tertiary/aromatic N) is 2. The van der Waals surface area contributed by atoms with Crippen molar-refractivity contribution in [2.45, 2.75) is 26.2 Å². The number of nitro groups is 1. The second kappa shape index (κ2) is 6.09. The van der Waals surface area contributed by atoms with Crippen LogP contribution in [0.15, 0.2) is 12.1 Å². The minimum atomic E-state index is -0.348. The van der Waals surface area contributed by atoms with Gasteiger partial charge in [-0.2, -0.15) is 4.58 Å². The smallest absolute Gasteiger partial charge is 0.343 e. The molecule has 0 saturated carbocycles. The Morgan fingerprint density at radius 1 is 1.69 bits per heavy atom. The lowest BCUT2D eigenvalue weighted by Crippen LogP contribution is -2.29. The van der Waals surface area contributed by atoms with Gasteiger partial charge in [0.25, 0.3) is 6.54 Å². The Kier molecular flexibility index (Phi) is 4.75. The summed E-state index contributed by atoms with van der Waals surface area (Å²) in [6, 6.07) is 0. The Labute approximate surface area is 94.0 Å². The van der Waals surface area contributed by atoms with E-state index in [2.05, 4.69) is 0 Å². The average molecular weight is 229 g/mol. The van der Waals surface area contributed by atoms with Gasteiger partial charge in [0.15, 0.2) is 0 Å². The first kappa shape index (κ1) is 12.5. The van der Waals surface area contributed by atoms with Gasteiger partial charge in [-0.15, -0.1) is 0 Å². The van der Waals surface area contributed by atoms with Gasteiger partial charge in [-0.25, -0.2) is 0 Å². The Balaban J connectivity index is 2.81. The molecular weight excluding hydrogens is 212 g/mol. The molecule has 0 aromatic heterocycles. The van der Waals surface area contributed by atoms with Crippen molar-refractivity contribution < 1.29 is 19.3 Å². The molecule has 1 aliphatic rings. The summed E-state index contributed by atoms with van der Waals surface area (Å²) >= 11 is 0. The lowest BCUT2D eigenvalue weighted by Gasteiger charge is -2.09. The van der Waals surface area contributed by atoms with Crippen LogP contribution in [-0.2, 0) is 4.74 Å². The summed E-state index contributed by atoms with van der Waals surface area (Å²) in [4.78, 5) is 10.1. The third kappa shape index (κ3) is 3.88. The summed E-state index contributed by atoms with van der Waals surface area (Å²) in [5, 5.41) is 19.8. The van der Waals surface area contributed by atoms with Crippen LogP contribution in [0.1, 0.15) is 26.2 Å². The number of ether oxygens (including phenoxy) is 1. The molecule has 1 heterocycles. The maximum absolute atomic E-state index is 10.5. The van der Waals surface area contributed by atoms with Crippen molar-refractivity contribution in [1.82, 2.24) is 0 Å². The molecule has 6 heteroatoms. The Morgan fingerprint density at radius 2 is 2.44 bits per heavy atom. The van der Waals surface area contributed by atoms with Gasteiger partial charge in [0.2, 0.25) is 11.9 Å². The number of hydrogen-bond acceptors (Lipinski definition) is 4. The zero-order valence-corrected chi connectivity index (χ0v) is 9.39. The van der Waals surface area contributed by atoms with Crippen LogP contribution < -0.4 is 0 Å². The fraction of sp³-hybridized carbons (Fsp3) is 0.700. The van der Waals surface area contributed by atoms with Crippen LogP contribution in [-0.4, -0.2) is 40.0 Å². The maximum atomic E-state index is 10.5. The predicted molar refractivity (Wildman–Crippen MR) is 58.2 cm³/mol. The molecule has 16 heavy (non-hydrogen) atoms. The first-order chi connectivity index (χ1) is 7.63. The number of hydrogen-bond donors (Lipinski definition) is 1. The molecule has 0 aromatic rings. The molecule has 0 aliphatic carbocycles. The Morgan fingerprint density at radius 3 is 3.06 bits per heavy atom. The highest BCUT2D eigenvalue weighted by Gasteiger charge is 2.23. The highest BCUT2D eigenvalue weighted by Crippen LogP contribution is 2.08. The van der Waals surface area contributed by atoms with Gasteiger partial charge in [-0.3, -0.25) is 10.1 Å². The fourth-order valence-electron chi connectivity index (χ4n) is 1.71. The summed E-state index contributed by atoms with van der Waals surface area (Å²) in [5.74, 6) is -0.190. The summed E-state index contributed by atoms with van der Waals surface area (Å²) in [7, 11) is 0. The van der Waals surface area contributed by atoms with Gasteiger partial charge in [0.1, 0.15) is 6.54 Å². The first-order valence-electron chi connectivity index (χ1n) is 5.40. The van der Waals surface area contributed by atoms with E-state index in [1.165, 1.54) is 6.20 Å². The van der Waals surface area contributed by atoms with Crippen molar-refractivity contribution in [1.29, 1.82) is 0 Å². The third-order valence-corrected chi connectivity index (χ3v) is 2.39. The highest BCUT2D eigenvalue weighted by molar-refractivity contribution is 5.81. The lowest BCUT2D eigenvalue weighted by molar-refractivity contribution is -0.502. The Bertz CT molecular complexity index is 323. The van der Waals surface area contributed by atoms with Crippen molar-refractivity contribution in [3.63, 3.8) is 0 Å². The van der Waals surface area contributed by atoms with Gasteiger partial charge >= 0.3 is 5.95 Å². The molecule has 90 valence electrons. The third-order valence-electron chi connectivity index (χ3n) is 2.39. The molecule has 6 nitrogen and oxygen atoms in total. The first-order valence-corrected chi connectivity index (χ1v) is 5.40. The molecule has 0 unspecified atom stereocenters. The second-order valence-electron chi connectivity index (χ2n) is 3.61. The minimum Gasteiger partial charge on any atom is -0.477 e. The van der Waals surface area contributed by atoms with Gasteiger partial charge < -0.3 is 9.84 Å². The number of aliphatic hydroxyl groups excluding tert-OH is 1. The largest absolute Gasteiger partial charge is 0.477 e. The molecule has 1 rings (SSSR count). The van der Waals surface area contributed by atoms with Crippen molar-refractivity contribution in [3.05, 3.63) is 22.3 Å². The molecule has 0 fully saturated rings. The monoisotopic (exact) mass is 229 g/mol. The average Bonchev–Trinajstić information content (AvgIpc) is 2.20. The van der Waals surface area contributed by atoms with E-state index in [-0.39, 0.29) is 17.4 Å². The van der Waals surface area contributed by atoms with E-state index in [1.807, 2.05) is 0 Å². The molecule has 0 radical (unpaired) electrons.